The normalized spacial score (nSPS) is 10.9. The van der Waals surface area contributed by atoms with Gasteiger partial charge in [-0.05, 0) is 24.0 Å². The van der Waals surface area contributed by atoms with Crippen molar-refractivity contribution in [3.63, 3.8) is 0 Å². The van der Waals surface area contributed by atoms with E-state index < -0.39 is 11.8 Å². The van der Waals surface area contributed by atoms with Gasteiger partial charge in [-0.3, -0.25) is 14.4 Å². The standard InChI is InChI=1S/C16H22N2O3/c1-11(19)9-10-17-14(20)15(21)18-13-8-6-5-7-12(13)16(2,3)4/h5-8H,9-10H2,1-4H3,(H,17,20)(H,18,21). The van der Waals surface area contributed by atoms with Gasteiger partial charge in [0.1, 0.15) is 5.78 Å². The second kappa shape index (κ2) is 7.02. The third-order valence-electron chi connectivity index (χ3n) is 2.95. The molecule has 0 aromatic heterocycles. The molecule has 0 saturated carbocycles. The van der Waals surface area contributed by atoms with Crippen LogP contribution < -0.4 is 10.6 Å². The second-order valence-electron chi connectivity index (χ2n) is 5.96. The van der Waals surface area contributed by atoms with Gasteiger partial charge in [0.2, 0.25) is 0 Å². The molecule has 5 nitrogen and oxygen atoms in total. The zero-order valence-corrected chi connectivity index (χ0v) is 12.9. The molecule has 0 aliphatic heterocycles. The van der Waals surface area contributed by atoms with Gasteiger partial charge in [0.15, 0.2) is 0 Å². The van der Waals surface area contributed by atoms with Gasteiger partial charge in [-0.2, -0.15) is 0 Å². The van der Waals surface area contributed by atoms with E-state index in [0.29, 0.717) is 5.69 Å². The Morgan fingerprint density at radius 1 is 1.05 bits per heavy atom. The lowest BCUT2D eigenvalue weighted by Crippen LogP contribution is -2.36. The van der Waals surface area contributed by atoms with Crippen molar-refractivity contribution in [1.29, 1.82) is 0 Å². The van der Waals surface area contributed by atoms with Crippen LogP contribution in [0.15, 0.2) is 24.3 Å². The molecular formula is C16H22N2O3. The fourth-order valence-electron chi connectivity index (χ4n) is 1.86. The van der Waals surface area contributed by atoms with Gasteiger partial charge in [-0.15, -0.1) is 0 Å². The highest BCUT2D eigenvalue weighted by molar-refractivity contribution is 6.39. The van der Waals surface area contributed by atoms with Crippen molar-refractivity contribution in [2.75, 3.05) is 11.9 Å². The summed E-state index contributed by atoms with van der Waals surface area (Å²) >= 11 is 0. The molecule has 0 spiro atoms. The molecule has 5 heteroatoms. The van der Waals surface area contributed by atoms with Crippen LogP contribution in [0.5, 0.6) is 0 Å². The average molecular weight is 290 g/mol. The van der Waals surface area contributed by atoms with Crippen molar-refractivity contribution in [3.05, 3.63) is 29.8 Å². The Balaban J connectivity index is 2.71. The number of benzene rings is 1. The third-order valence-corrected chi connectivity index (χ3v) is 2.95. The predicted molar refractivity (Wildman–Crippen MR) is 82.1 cm³/mol. The maximum atomic E-state index is 11.9. The highest BCUT2D eigenvalue weighted by atomic mass is 16.2. The number of hydrogen-bond donors (Lipinski definition) is 2. The Kier molecular flexibility index (Phi) is 5.64. The number of para-hydroxylation sites is 1. The number of rotatable bonds is 4. The summed E-state index contributed by atoms with van der Waals surface area (Å²) in [6, 6.07) is 7.38. The van der Waals surface area contributed by atoms with E-state index in [1.807, 2.05) is 32.9 Å². The Hall–Kier alpha value is -2.17. The average Bonchev–Trinajstić information content (AvgIpc) is 2.37. The number of hydrogen-bond acceptors (Lipinski definition) is 3. The summed E-state index contributed by atoms with van der Waals surface area (Å²) in [7, 11) is 0. The number of ketones is 1. The topological polar surface area (TPSA) is 75.3 Å². The molecule has 0 fully saturated rings. The van der Waals surface area contributed by atoms with Crippen LogP contribution in [0.4, 0.5) is 5.69 Å². The highest BCUT2D eigenvalue weighted by Crippen LogP contribution is 2.29. The largest absolute Gasteiger partial charge is 0.347 e. The van der Waals surface area contributed by atoms with Crippen LogP contribution >= 0.6 is 0 Å². The molecule has 0 radical (unpaired) electrons. The molecule has 0 bridgehead atoms. The van der Waals surface area contributed by atoms with Gasteiger partial charge in [0.25, 0.3) is 0 Å². The summed E-state index contributed by atoms with van der Waals surface area (Å²) < 4.78 is 0. The summed E-state index contributed by atoms with van der Waals surface area (Å²) in [5.74, 6) is -1.50. The van der Waals surface area contributed by atoms with Crippen molar-refractivity contribution in [2.45, 2.75) is 39.5 Å². The van der Waals surface area contributed by atoms with Crippen LogP contribution in [0, 0.1) is 0 Å². The SMILES string of the molecule is CC(=O)CCNC(=O)C(=O)Nc1ccccc1C(C)(C)C. The van der Waals surface area contributed by atoms with Crippen LogP contribution in [0.25, 0.3) is 0 Å². The van der Waals surface area contributed by atoms with E-state index in [1.165, 1.54) is 6.92 Å². The number of carbonyl (C=O) groups is 3. The number of carbonyl (C=O) groups excluding carboxylic acids is 3. The van der Waals surface area contributed by atoms with E-state index in [9.17, 15) is 14.4 Å². The third kappa shape index (κ3) is 5.38. The Labute approximate surface area is 125 Å². The molecule has 0 unspecified atom stereocenters. The van der Waals surface area contributed by atoms with E-state index in [0.717, 1.165) is 5.56 Å². The summed E-state index contributed by atoms with van der Waals surface area (Å²) in [5.41, 5.74) is 1.43. The van der Waals surface area contributed by atoms with Crippen LogP contribution in [0.3, 0.4) is 0 Å². The van der Waals surface area contributed by atoms with E-state index >= 15 is 0 Å². The molecule has 2 amide bonds. The molecule has 0 saturated heterocycles. The quantitative estimate of drug-likeness (QED) is 0.833. The van der Waals surface area contributed by atoms with Crippen LogP contribution in [0.1, 0.15) is 39.7 Å². The lowest BCUT2D eigenvalue weighted by molar-refractivity contribution is -0.136. The fourth-order valence-corrected chi connectivity index (χ4v) is 1.86. The first-order valence-corrected chi connectivity index (χ1v) is 6.90. The molecule has 0 aliphatic carbocycles. The summed E-state index contributed by atoms with van der Waals surface area (Å²) in [6.45, 7) is 7.70. The molecule has 21 heavy (non-hydrogen) atoms. The molecule has 0 heterocycles. The van der Waals surface area contributed by atoms with Crippen LogP contribution in [-0.4, -0.2) is 24.1 Å². The number of Topliss-reactive ketones (excluding diaryl/α,β-unsaturated/α-hetero) is 1. The molecule has 2 N–H and O–H groups in total. The van der Waals surface area contributed by atoms with Gasteiger partial charge in [-0.1, -0.05) is 39.0 Å². The van der Waals surface area contributed by atoms with Crippen LogP contribution in [-0.2, 0) is 19.8 Å². The Morgan fingerprint density at radius 2 is 1.67 bits per heavy atom. The maximum Gasteiger partial charge on any atom is 0.313 e. The van der Waals surface area contributed by atoms with Crippen molar-refractivity contribution in [1.82, 2.24) is 5.32 Å². The number of anilines is 1. The minimum absolute atomic E-state index is 0.0335. The lowest BCUT2D eigenvalue weighted by atomic mass is 9.86. The Bertz CT molecular complexity index is 545. The fraction of sp³-hybridized carbons (Fsp3) is 0.438. The van der Waals surface area contributed by atoms with Crippen molar-refractivity contribution < 1.29 is 14.4 Å². The minimum atomic E-state index is -0.736. The maximum absolute atomic E-state index is 11.9. The Morgan fingerprint density at radius 3 is 2.24 bits per heavy atom. The second-order valence-corrected chi connectivity index (χ2v) is 5.96. The van der Waals surface area contributed by atoms with Gasteiger partial charge in [-0.25, -0.2) is 0 Å². The molecule has 0 aliphatic rings. The zero-order valence-electron chi connectivity index (χ0n) is 12.9. The smallest absolute Gasteiger partial charge is 0.313 e. The minimum Gasteiger partial charge on any atom is -0.347 e. The molecular weight excluding hydrogens is 268 g/mol. The number of amides is 2. The van der Waals surface area contributed by atoms with E-state index in [1.54, 1.807) is 12.1 Å². The number of nitrogens with one attached hydrogen (secondary N) is 2. The summed E-state index contributed by atoms with van der Waals surface area (Å²) in [5, 5.41) is 5.04. The monoisotopic (exact) mass is 290 g/mol. The molecule has 114 valence electrons. The first-order chi connectivity index (χ1) is 9.71. The van der Waals surface area contributed by atoms with E-state index in [-0.39, 0.29) is 24.2 Å². The van der Waals surface area contributed by atoms with Gasteiger partial charge < -0.3 is 10.6 Å². The van der Waals surface area contributed by atoms with E-state index in [4.69, 9.17) is 0 Å². The van der Waals surface area contributed by atoms with Crippen molar-refractivity contribution >= 4 is 23.3 Å². The van der Waals surface area contributed by atoms with Crippen molar-refractivity contribution in [3.8, 4) is 0 Å². The highest BCUT2D eigenvalue weighted by Gasteiger charge is 2.20. The molecule has 1 aromatic rings. The first kappa shape index (κ1) is 16.9. The van der Waals surface area contributed by atoms with Crippen LogP contribution in [0.2, 0.25) is 0 Å². The van der Waals surface area contributed by atoms with Gasteiger partial charge in [0.05, 0.1) is 0 Å². The van der Waals surface area contributed by atoms with Gasteiger partial charge in [0, 0.05) is 18.7 Å². The molecule has 1 rings (SSSR count). The lowest BCUT2D eigenvalue weighted by Gasteiger charge is -2.22. The van der Waals surface area contributed by atoms with E-state index in [2.05, 4.69) is 10.6 Å². The van der Waals surface area contributed by atoms with Crippen molar-refractivity contribution in [2.24, 2.45) is 0 Å². The predicted octanol–water partition coefficient (Wildman–Crippen LogP) is 2.02. The zero-order chi connectivity index (χ0) is 16.0. The first-order valence-electron chi connectivity index (χ1n) is 6.90. The molecule has 0 atom stereocenters. The molecule has 1 aromatic carbocycles. The van der Waals surface area contributed by atoms with Gasteiger partial charge >= 0.3 is 11.8 Å². The summed E-state index contributed by atoms with van der Waals surface area (Å²) in [4.78, 5) is 34.3. The summed E-state index contributed by atoms with van der Waals surface area (Å²) in [6.07, 6.45) is 0.220.